The predicted octanol–water partition coefficient (Wildman–Crippen LogP) is 2.28. The van der Waals surface area contributed by atoms with E-state index in [4.69, 9.17) is 5.11 Å². The Hall–Kier alpha value is -2.36. The highest BCUT2D eigenvalue weighted by molar-refractivity contribution is 5.85. The molecule has 0 unspecified atom stereocenters. The number of aromatic nitrogens is 2. The summed E-state index contributed by atoms with van der Waals surface area (Å²) in [5.41, 5.74) is 2.97. The third-order valence-electron chi connectivity index (χ3n) is 2.42. The van der Waals surface area contributed by atoms with Crippen molar-refractivity contribution in [2.24, 2.45) is 0 Å². The summed E-state index contributed by atoms with van der Waals surface area (Å²) in [6.45, 7) is 1.98. The van der Waals surface area contributed by atoms with Crippen LogP contribution in [0, 0.1) is 6.92 Å². The number of aliphatic carboxylic acids is 1. The molecule has 1 N–H and O–H groups in total. The number of carboxylic acid groups (broad SMARTS) is 1. The summed E-state index contributed by atoms with van der Waals surface area (Å²) in [6.07, 6.45) is 8.03. The van der Waals surface area contributed by atoms with Gasteiger partial charge in [-0.25, -0.2) is 9.78 Å². The van der Waals surface area contributed by atoms with Gasteiger partial charge in [-0.15, -0.1) is 0 Å². The van der Waals surface area contributed by atoms with Crippen LogP contribution in [0.15, 0.2) is 43.0 Å². The Morgan fingerprint density at radius 3 is 2.88 bits per heavy atom. The van der Waals surface area contributed by atoms with Crippen molar-refractivity contribution in [1.82, 2.24) is 9.55 Å². The highest BCUT2D eigenvalue weighted by Gasteiger charge is 2.00. The topological polar surface area (TPSA) is 55.1 Å². The molecule has 1 aromatic heterocycles. The summed E-state index contributed by atoms with van der Waals surface area (Å²) in [6, 6.07) is 5.76. The van der Waals surface area contributed by atoms with Crippen LogP contribution in [0.4, 0.5) is 0 Å². The van der Waals surface area contributed by atoms with E-state index in [1.807, 2.05) is 35.9 Å². The molecule has 4 heteroatoms. The third kappa shape index (κ3) is 2.60. The standard InChI is InChI=1S/C13H12N2O2/c1-10-8-11(3-5-13(16)17)2-4-12(10)15-7-6-14-9-15/h2-9H,1H3,(H,16,17). The smallest absolute Gasteiger partial charge is 0.328 e. The summed E-state index contributed by atoms with van der Waals surface area (Å²) in [5, 5.41) is 8.55. The largest absolute Gasteiger partial charge is 0.478 e. The van der Waals surface area contributed by atoms with Gasteiger partial charge in [-0.1, -0.05) is 6.07 Å². The molecule has 0 fully saturated rings. The second-order valence-electron chi connectivity index (χ2n) is 3.69. The molecule has 2 aromatic rings. The molecule has 4 nitrogen and oxygen atoms in total. The van der Waals surface area contributed by atoms with E-state index in [1.165, 1.54) is 0 Å². The molecule has 86 valence electrons. The summed E-state index contributed by atoms with van der Waals surface area (Å²) < 4.78 is 1.92. The van der Waals surface area contributed by atoms with Crippen LogP contribution in [-0.2, 0) is 4.79 Å². The number of imidazole rings is 1. The van der Waals surface area contributed by atoms with Crippen molar-refractivity contribution in [2.75, 3.05) is 0 Å². The Balaban J connectivity index is 2.32. The van der Waals surface area contributed by atoms with Crippen LogP contribution < -0.4 is 0 Å². The van der Waals surface area contributed by atoms with Gasteiger partial charge in [0.25, 0.3) is 0 Å². The lowest BCUT2D eigenvalue weighted by Gasteiger charge is -2.07. The normalized spacial score (nSPS) is 10.9. The second-order valence-corrected chi connectivity index (χ2v) is 3.69. The van der Waals surface area contributed by atoms with E-state index in [0.29, 0.717) is 0 Å². The maximum atomic E-state index is 10.4. The van der Waals surface area contributed by atoms with Crippen LogP contribution >= 0.6 is 0 Å². The molecule has 0 radical (unpaired) electrons. The minimum Gasteiger partial charge on any atom is -0.478 e. The van der Waals surface area contributed by atoms with Crippen LogP contribution in [-0.4, -0.2) is 20.6 Å². The Bertz CT molecular complexity index is 557. The molecule has 0 aliphatic carbocycles. The number of carboxylic acids is 1. The van der Waals surface area contributed by atoms with Gasteiger partial charge in [0.05, 0.1) is 6.33 Å². The van der Waals surface area contributed by atoms with E-state index in [-0.39, 0.29) is 0 Å². The van der Waals surface area contributed by atoms with Gasteiger partial charge in [-0.3, -0.25) is 0 Å². The molecule has 17 heavy (non-hydrogen) atoms. The highest BCUT2D eigenvalue weighted by Crippen LogP contribution is 2.16. The molecular weight excluding hydrogens is 216 g/mol. The van der Waals surface area contributed by atoms with Gasteiger partial charge in [0.1, 0.15) is 0 Å². The molecule has 1 heterocycles. The lowest BCUT2D eigenvalue weighted by molar-refractivity contribution is -0.131. The average molecular weight is 228 g/mol. The van der Waals surface area contributed by atoms with Gasteiger partial charge < -0.3 is 9.67 Å². The molecule has 1 aromatic carbocycles. The number of aryl methyl sites for hydroxylation is 1. The maximum Gasteiger partial charge on any atom is 0.328 e. The molecule has 0 aliphatic heterocycles. The number of hydrogen-bond donors (Lipinski definition) is 1. The van der Waals surface area contributed by atoms with E-state index in [0.717, 1.165) is 22.9 Å². The van der Waals surface area contributed by atoms with Crippen LogP contribution in [0.2, 0.25) is 0 Å². The van der Waals surface area contributed by atoms with Gasteiger partial charge in [0.15, 0.2) is 0 Å². The van der Waals surface area contributed by atoms with E-state index in [2.05, 4.69) is 4.98 Å². The molecule has 2 rings (SSSR count). The number of rotatable bonds is 3. The second kappa shape index (κ2) is 4.65. The van der Waals surface area contributed by atoms with Crippen molar-refractivity contribution in [1.29, 1.82) is 0 Å². The molecule has 0 aliphatic rings. The van der Waals surface area contributed by atoms with Gasteiger partial charge in [-0.2, -0.15) is 0 Å². The number of benzene rings is 1. The fourth-order valence-corrected chi connectivity index (χ4v) is 1.64. The zero-order valence-corrected chi connectivity index (χ0v) is 9.37. The molecule has 0 atom stereocenters. The SMILES string of the molecule is Cc1cc(C=CC(=O)O)ccc1-n1ccnc1. The van der Waals surface area contributed by atoms with Crippen LogP contribution in [0.3, 0.4) is 0 Å². The summed E-state index contributed by atoms with van der Waals surface area (Å²) in [4.78, 5) is 14.4. The number of nitrogens with zero attached hydrogens (tertiary/aromatic N) is 2. The molecule has 0 spiro atoms. The predicted molar refractivity (Wildman–Crippen MR) is 65.0 cm³/mol. The Morgan fingerprint density at radius 1 is 1.47 bits per heavy atom. The van der Waals surface area contributed by atoms with Crippen molar-refractivity contribution >= 4 is 12.0 Å². The Labute approximate surface area is 98.9 Å². The van der Waals surface area contributed by atoms with Crippen molar-refractivity contribution in [3.05, 3.63) is 54.1 Å². The molecule has 0 amide bonds. The average Bonchev–Trinajstić information content (AvgIpc) is 2.79. The monoisotopic (exact) mass is 228 g/mol. The van der Waals surface area contributed by atoms with E-state index < -0.39 is 5.97 Å². The zero-order valence-electron chi connectivity index (χ0n) is 9.37. The quantitative estimate of drug-likeness (QED) is 0.820. The first-order valence-corrected chi connectivity index (χ1v) is 5.17. The van der Waals surface area contributed by atoms with Gasteiger partial charge >= 0.3 is 5.97 Å². The van der Waals surface area contributed by atoms with Crippen LogP contribution in [0.1, 0.15) is 11.1 Å². The van der Waals surface area contributed by atoms with Gasteiger partial charge in [-0.05, 0) is 36.3 Å². The maximum absolute atomic E-state index is 10.4. The molecular formula is C13H12N2O2. The molecule has 0 saturated heterocycles. The van der Waals surface area contributed by atoms with Gasteiger partial charge in [0, 0.05) is 24.2 Å². The summed E-state index contributed by atoms with van der Waals surface area (Å²) in [5.74, 6) is -0.943. The first kappa shape index (κ1) is 11.1. The zero-order chi connectivity index (χ0) is 12.3. The minimum absolute atomic E-state index is 0.869. The lowest BCUT2D eigenvalue weighted by atomic mass is 10.1. The fourth-order valence-electron chi connectivity index (χ4n) is 1.64. The minimum atomic E-state index is -0.943. The first-order chi connectivity index (χ1) is 8.16. The Morgan fingerprint density at radius 2 is 2.29 bits per heavy atom. The van der Waals surface area contributed by atoms with Gasteiger partial charge in [0.2, 0.25) is 0 Å². The molecule has 0 bridgehead atoms. The van der Waals surface area contributed by atoms with Crippen LogP contribution in [0.25, 0.3) is 11.8 Å². The fraction of sp³-hybridized carbons (Fsp3) is 0.0769. The number of carbonyl (C=O) groups is 1. The van der Waals surface area contributed by atoms with Crippen molar-refractivity contribution in [3.8, 4) is 5.69 Å². The van der Waals surface area contributed by atoms with E-state index in [1.54, 1.807) is 18.6 Å². The van der Waals surface area contributed by atoms with Crippen molar-refractivity contribution < 1.29 is 9.90 Å². The summed E-state index contributed by atoms with van der Waals surface area (Å²) in [7, 11) is 0. The lowest BCUT2D eigenvalue weighted by Crippen LogP contribution is -1.94. The Kier molecular flexibility index (Phi) is 3.05. The summed E-state index contributed by atoms with van der Waals surface area (Å²) >= 11 is 0. The van der Waals surface area contributed by atoms with E-state index in [9.17, 15) is 4.79 Å². The van der Waals surface area contributed by atoms with E-state index >= 15 is 0 Å². The van der Waals surface area contributed by atoms with Crippen LogP contribution in [0.5, 0.6) is 0 Å². The number of hydrogen-bond acceptors (Lipinski definition) is 2. The van der Waals surface area contributed by atoms with Crippen molar-refractivity contribution in [3.63, 3.8) is 0 Å². The third-order valence-corrected chi connectivity index (χ3v) is 2.42. The van der Waals surface area contributed by atoms with Crippen molar-refractivity contribution in [2.45, 2.75) is 6.92 Å². The molecule has 0 saturated carbocycles. The first-order valence-electron chi connectivity index (χ1n) is 5.17. The highest BCUT2D eigenvalue weighted by atomic mass is 16.4.